The molecule has 3 aromatic rings. The third-order valence-electron chi connectivity index (χ3n) is 4.44. The number of aromatic amines is 1. The van der Waals surface area contributed by atoms with Gasteiger partial charge in [-0.1, -0.05) is 18.0 Å². The second-order valence-electron chi connectivity index (χ2n) is 6.17. The van der Waals surface area contributed by atoms with Crippen LogP contribution in [0.2, 0.25) is 0 Å². The fourth-order valence-electron chi connectivity index (χ4n) is 3.16. The zero-order chi connectivity index (χ0) is 16.0. The summed E-state index contributed by atoms with van der Waals surface area (Å²) in [5.41, 5.74) is 7.06. The Balaban J connectivity index is 1.78. The lowest BCUT2D eigenvalue weighted by Gasteiger charge is -2.17. The maximum atomic E-state index is 11.9. The molecule has 1 saturated carbocycles. The van der Waals surface area contributed by atoms with Crippen molar-refractivity contribution in [3.05, 3.63) is 40.2 Å². The molecule has 4 rings (SSSR count). The van der Waals surface area contributed by atoms with E-state index in [9.17, 15) is 4.79 Å². The summed E-state index contributed by atoms with van der Waals surface area (Å²) in [5.74, 6) is 1.52. The van der Waals surface area contributed by atoms with Crippen LogP contribution in [0.5, 0.6) is 0 Å². The minimum atomic E-state index is -0.482. The van der Waals surface area contributed by atoms with Crippen LogP contribution >= 0.6 is 0 Å². The number of fused-ring (bicyclic) bond motifs is 1. The first kappa shape index (κ1) is 14.1. The van der Waals surface area contributed by atoms with Crippen LogP contribution in [0.15, 0.2) is 27.5 Å². The number of benzene rings is 1. The lowest BCUT2D eigenvalue weighted by molar-refractivity contribution is 0.372. The van der Waals surface area contributed by atoms with Crippen molar-refractivity contribution in [2.45, 2.75) is 38.1 Å². The van der Waals surface area contributed by atoms with Crippen molar-refractivity contribution in [3.8, 4) is 11.5 Å². The lowest BCUT2D eigenvalue weighted by atomic mass is 9.99. The highest BCUT2D eigenvalue weighted by molar-refractivity contribution is 5.82. The SMILES string of the molecule is Cc1nc2cc(-c3nc(C4(N)CCCC4)no3)ccc2c(=O)[nH]1. The number of nitrogens with two attached hydrogens (primary N) is 1. The topological polar surface area (TPSA) is 111 Å². The molecule has 0 unspecified atom stereocenters. The predicted molar refractivity (Wildman–Crippen MR) is 84.7 cm³/mol. The highest BCUT2D eigenvalue weighted by Crippen LogP contribution is 2.35. The van der Waals surface area contributed by atoms with E-state index in [0.29, 0.717) is 28.4 Å². The summed E-state index contributed by atoms with van der Waals surface area (Å²) in [6.45, 7) is 1.75. The standard InChI is InChI=1S/C16H17N5O2/c1-9-18-12-8-10(4-5-11(12)13(22)19-9)14-20-15(21-23-14)16(17)6-2-3-7-16/h4-5,8H,2-3,6-7,17H2,1H3,(H,18,19,22). The monoisotopic (exact) mass is 311 g/mol. The zero-order valence-corrected chi connectivity index (χ0v) is 12.8. The number of hydrogen-bond donors (Lipinski definition) is 2. The van der Waals surface area contributed by atoms with Crippen molar-refractivity contribution >= 4 is 10.9 Å². The van der Waals surface area contributed by atoms with Gasteiger partial charge in [-0.05, 0) is 38.0 Å². The fraction of sp³-hybridized carbons (Fsp3) is 0.375. The van der Waals surface area contributed by atoms with Gasteiger partial charge in [-0.25, -0.2) is 4.98 Å². The third-order valence-corrected chi connectivity index (χ3v) is 4.44. The second-order valence-corrected chi connectivity index (χ2v) is 6.17. The van der Waals surface area contributed by atoms with E-state index in [1.807, 2.05) is 0 Å². The minimum absolute atomic E-state index is 0.155. The van der Waals surface area contributed by atoms with Crippen molar-refractivity contribution in [3.63, 3.8) is 0 Å². The van der Waals surface area contributed by atoms with Crippen molar-refractivity contribution in [2.75, 3.05) is 0 Å². The maximum absolute atomic E-state index is 11.9. The summed E-state index contributed by atoms with van der Waals surface area (Å²) in [5, 5.41) is 4.59. The van der Waals surface area contributed by atoms with E-state index in [-0.39, 0.29) is 5.56 Å². The second kappa shape index (κ2) is 4.99. The van der Waals surface area contributed by atoms with Crippen LogP contribution in [0, 0.1) is 6.92 Å². The summed E-state index contributed by atoms with van der Waals surface area (Å²) in [6.07, 6.45) is 3.92. The first-order chi connectivity index (χ1) is 11.0. The van der Waals surface area contributed by atoms with Crippen LogP contribution < -0.4 is 11.3 Å². The molecule has 23 heavy (non-hydrogen) atoms. The highest BCUT2D eigenvalue weighted by Gasteiger charge is 2.36. The average Bonchev–Trinajstić information content (AvgIpc) is 3.16. The van der Waals surface area contributed by atoms with Gasteiger partial charge in [-0.15, -0.1) is 0 Å². The molecular formula is C16H17N5O2. The molecule has 1 aromatic carbocycles. The van der Waals surface area contributed by atoms with Gasteiger partial charge >= 0.3 is 0 Å². The van der Waals surface area contributed by atoms with Crippen molar-refractivity contribution in [2.24, 2.45) is 5.73 Å². The molecule has 0 saturated heterocycles. The molecule has 1 aliphatic rings. The molecule has 7 nitrogen and oxygen atoms in total. The van der Waals surface area contributed by atoms with Gasteiger partial charge in [0.2, 0.25) is 0 Å². The maximum Gasteiger partial charge on any atom is 0.258 e. The van der Waals surface area contributed by atoms with E-state index in [1.54, 1.807) is 25.1 Å². The van der Waals surface area contributed by atoms with Gasteiger partial charge in [-0.3, -0.25) is 4.79 Å². The first-order valence-electron chi connectivity index (χ1n) is 7.69. The third kappa shape index (κ3) is 2.33. The van der Waals surface area contributed by atoms with E-state index in [2.05, 4.69) is 20.1 Å². The van der Waals surface area contributed by atoms with E-state index in [0.717, 1.165) is 31.2 Å². The molecule has 0 radical (unpaired) electrons. The average molecular weight is 311 g/mol. The van der Waals surface area contributed by atoms with Crippen LogP contribution in [-0.4, -0.2) is 20.1 Å². The lowest BCUT2D eigenvalue weighted by Crippen LogP contribution is -2.34. The zero-order valence-electron chi connectivity index (χ0n) is 12.8. The van der Waals surface area contributed by atoms with Gasteiger partial charge in [0.25, 0.3) is 11.4 Å². The first-order valence-corrected chi connectivity index (χ1v) is 7.69. The molecule has 1 fully saturated rings. The van der Waals surface area contributed by atoms with E-state index >= 15 is 0 Å². The Morgan fingerprint density at radius 3 is 2.83 bits per heavy atom. The summed E-state index contributed by atoms with van der Waals surface area (Å²) >= 11 is 0. The smallest absolute Gasteiger partial charge is 0.258 e. The molecule has 0 amide bonds. The fourth-order valence-corrected chi connectivity index (χ4v) is 3.16. The number of nitrogens with zero attached hydrogens (tertiary/aromatic N) is 3. The molecule has 0 aliphatic heterocycles. The molecule has 2 heterocycles. The van der Waals surface area contributed by atoms with Gasteiger partial charge in [0.05, 0.1) is 16.4 Å². The summed E-state index contributed by atoms with van der Waals surface area (Å²) in [7, 11) is 0. The molecule has 7 heteroatoms. The largest absolute Gasteiger partial charge is 0.334 e. The van der Waals surface area contributed by atoms with Gasteiger partial charge in [-0.2, -0.15) is 4.98 Å². The number of nitrogens with one attached hydrogen (secondary N) is 1. The van der Waals surface area contributed by atoms with Crippen LogP contribution in [0.4, 0.5) is 0 Å². The Bertz CT molecular complexity index is 937. The normalized spacial score (nSPS) is 17.0. The quantitative estimate of drug-likeness (QED) is 0.749. The summed E-state index contributed by atoms with van der Waals surface area (Å²) < 4.78 is 5.38. The summed E-state index contributed by atoms with van der Waals surface area (Å²) in [4.78, 5) is 23.4. The molecule has 1 aliphatic carbocycles. The van der Waals surface area contributed by atoms with Gasteiger partial charge in [0.15, 0.2) is 5.82 Å². The van der Waals surface area contributed by atoms with Crippen LogP contribution in [0.1, 0.15) is 37.3 Å². The Hall–Kier alpha value is -2.54. The van der Waals surface area contributed by atoms with Crippen LogP contribution in [-0.2, 0) is 5.54 Å². The van der Waals surface area contributed by atoms with Crippen molar-refractivity contribution in [1.82, 2.24) is 20.1 Å². The Morgan fingerprint density at radius 2 is 2.04 bits per heavy atom. The van der Waals surface area contributed by atoms with Crippen molar-refractivity contribution in [1.29, 1.82) is 0 Å². The molecule has 0 atom stereocenters. The molecule has 2 aromatic heterocycles. The number of aromatic nitrogens is 4. The molecule has 3 N–H and O–H groups in total. The molecule has 0 spiro atoms. The molecule has 0 bridgehead atoms. The van der Waals surface area contributed by atoms with Crippen LogP contribution in [0.3, 0.4) is 0 Å². The Morgan fingerprint density at radius 1 is 1.26 bits per heavy atom. The highest BCUT2D eigenvalue weighted by atomic mass is 16.5. The van der Waals surface area contributed by atoms with Crippen LogP contribution in [0.25, 0.3) is 22.4 Å². The van der Waals surface area contributed by atoms with E-state index in [4.69, 9.17) is 10.3 Å². The number of hydrogen-bond acceptors (Lipinski definition) is 6. The number of aryl methyl sites for hydroxylation is 1. The molecule has 118 valence electrons. The minimum Gasteiger partial charge on any atom is -0.334 e. The predicted octanol–water partition coefficient (Wildman–Crippen LogP) is 2.01. The number of H-pyrrole nitrogens is 1. The summed E-state index contributed by atoms with van der Waals surface area (Å²) in [6, 6.07) is 5.28. The Labute approximate surface area is 131 Å². The Kier molecular flexibility index (Phi) is 3.05. The molecular weight excluding hydrogens is 294 g/mol. The van der Waals surface area contributed by atoms with Gasteiger partial charge < -0.3 is 15.2 Å². The van der Waals surface area contributed by atoms with Crippen molar-refractivity contribution < 1.29 is 4.52 Å². The van der Waals surface area contributed by atoms with Gasteiger partial charge in [0.1, 0.15) is 5.82 Å². The van der Waals surface area contributed by atoms with E-state index < -0.39 is 5.54 Å². The number of rotatable bonds is 2. The van der Waals surface area contributed by atoms with Gasteiger partial charge in [0, 0.05) is 5.56 Å². The van der Waals surface area contributed by atoms with E-state index in [1.165, 1.54) is 0 Å².